The summed E-state index contributed by atoms with van der Waals surface area (Å²) in [6.07, 6.45) is -0.255. The average molecular weight is 364 g/mol. The molecule has 0 aromatic heterocycles. The number of ether oxygens (including phenoxy) is 2. The smallest absolute Gasteiger partial charge is 0.408 e. The van der Waals surface area contributed by atoms with Gasteiger partial charge in [0, 0.05) is 13.5 Å². The van der Waals surface area contributed by atoms with Crippen molar-refractivity contribution in [3.8, 4) is 5.75 Å². The van der Waals surface area contributed by atoms with Crippen LogP contribution in [0.4, 0.5) is 4.79 Å². The summed E-state index contributed by atoms with van der Waals surface area (Å²) >= 11 is 0. The molecule has 0 spiro atoms. The molecule has 1 aromatic carbocycles. The van der Waals surface area contributed by atoms with E-state index in [0.717, 1.165) is 11.3 Å². The highest BCUT2D eigenvalue weighted by Gasteiger charge is 2.24. The Morgan fingerprint density at radius 1 is 1.04 bits per heavy atom. The highest BCUT2D eigenvalue weighted by atomic mass is 16.6. The fraction of sp³-hybridized carbons (Fsp3) is 0.600. The molecule has 0 aliphatic carbocycles. The van der Waals surface area contributed by atoms with Gasteiger partial charge in [0.05, 0.1) is 6.61 Å². The van der Waals surface area contributed by atoms with E-state index < -0.39 is 17.7 Å². The van der Waals surface area contributed by atoms with Gasteiger partial charge >= 0.3 is 6.09 Å². The zero-order chi connectivity index (χ0) is 20.0. The van der Waals surface area contributed by atoms with Crippen LogP contribution in [0.5, 0.6) is 5.75 Å². The Bertz CT molecular complexity index is 598. The third-order valence-electron chi connectivity index (χ3n) is 3.29. The maximum atomic E-state index is 12.1. The molecule has 146 valence electrons. The SMILES string of the molecule is CNC(=O)[C@H](Cc1ccc(OCC(C)(C)C)cc1)NC(=O)OC(C)(C)C. The van der Waals surface area contributed by atoms with Gasteiger partial charge in [-0.15, -0.1) is 0 Å². The number of rotatable bonds is 6. The summed E-state index contributed by atoms with van der Waals surface area (Å²) in [6.45, 7) is 12.3. The van der Waals surface area contributed by atoms with Crippen LogP contribution in [0.25, 0.3) is 0 Å². The van der Waals surface area contributed by atoms with Gasteiger partial charge in [0.25, 0.3) is 0 Å². The normalized spacial score (nSPS) is 12.9. The van der Waals surface area contributed by atoms with E-state index >= 15 is 0 Å². The van der Waals surface area contributed by atoms with Gasteiger partial charge in [-0.3, -0.25) is 4.79 Å². The molecule has 0 saturated carbocycles. The van der Waals surface area contributed by atoms with Gasteiger partial charge < -0.3 is 20.1 Å². The molecule has 6 heteroatoms. The van der Waals surface area contributed by atoms with Gasteiger partial charge in [-0.2, -0.15) is 0 Å². The molecule has 0 aliphatic rings. The summed E-state index contributed by atoms with van der Waals surface area (Å²) in [5.41, 5.74) is 0.377. The van der Waals surface area contributed by atoms with Crippen LogP contribution < -0.4 is 15.4 Å². The molecule has 0 bridgehead atoms. The molecule has 1 rings (SSSR count). The summed E-state index contributed by atoms with van der Waals surface area (Å²) in [6, 6.07) is 6.82. The van der Waals surface area contributed by atoms with Crippen LogP contribution in [0, 0.1) is 5.41 Å². The van der Waals surface area contributed by atoms with Gasteiger partial charge in [-0.05, 0) is 43.9 Å². The summed E-state index contributed by atoms with van der Waals surface area (Å²) in [7, 11) is 1.54. The van der Waals surface area contributed by atoms with E-state index in [1.54, 1.807) is 20.8 Å². The quantitative estimate of drug-likeness (QED) is 0.812. The lowest BCUT2D eigenvalue weighted by Crippen LogP contribution is -2.48. The van der Waals surface area contributed by atoms with Crippen molar-refractivity contribution in [3.05, 3.63) is 29.8 Å². The predicted molar refractivity (Wildman–Crippen MR) is 102 cm³/mol. The van der Waals surface area contributed by atoms with Crippen molar-refractivity contribution in [1.29, 1.82) is 0 Å². The topological polar surface area (TPSA) is 76.7 Å². The van der Waals surface area contributed by atoms with E-state index in [2.05, 4.69) is 31.4 Å². The van der Waals surface area contributed by atoms with Crippen molar-refractivity contribution < 1.29 is 19.1 Å². The second kappa shape index (κ2) is 8.92. The molecule has 0 saturated heterocycles. The molecule has 2 N–H and O–H groups in total. The van der Waals surface area contributed by atoms with Gasteiger partial charge in [0.15, 0.2) is 0 Å². The summed E-state index contributed by atoms with van der Waals surface area (Å²) < 4.78 is 11.0. The van der Waals surface area contributed by atoms with Crippen molar-refractivity contribution in [2.75, 3.05) is 13.7 Å². The second-order valence-corrected chi connectivity index (χ2v) is 8.51. The summed E-state index contributed by atoms with van der Waals surface area (Å²) in [4.78, 5) is 24.1. The van der Waals surface area contributed by atoms with Crippen molar-refractivity contribution in [2.45, 2.75) is 59.6 Å². The van der Waals surface area contributed by atoms with Gasteiger partial charge in [-0.25, -0.2) is 4.79 Å². The minimum absolute atomic E-state index is 0.0836. The Hall–Kier alpha value is -2.24. The van der Waals surface area contributed by atoms with Crippen molar-refractivity contribution >= 4 is 12.0 Å². The number of carbonyl (C=O) groups is 2. The lowest BCUT2D eigenvalue weighted by Gasteiger charge is -2.23. The molecule has 1 atom stereocenters. The molecule has 2 amide bonds. The minimum Gasteiger partial charge on any atom is -0.493 e. The van der Waals surface area contributed by atoms with E-state index in [4.69, 9.17) is 9.47 Å². The molecule has 0 fully saturated rings. The molecular weight excluding hydrogens is 332 g/mol. The van der Waals surface area contributed by atoms with Crippen LogP contribution in [0.1, 0.15) is 47.1 Å². The molecule has 0 radical (unpaired) electrons. The number of alkyl carbamates (subject to hydrolysis) is 1. The van der Waals surface area contributed by atoms with E-state index in [0.29, 0.717) is 13.0 Å². The molecular formula is C20H32N2O4. The van der Waals surface area contributed by atoms with Crippen LogP contribution in [0.2, 0.25) is 0 Å². The first-order valence-corrected chi connectivity index (χ1v) is 8.82. The monoisotopic (exact) mass is 364 g/mol. The lowest BCUT2D eigenvalue weighted by molar-refractivity contribution is -0.122. The highest BCUT2D eigenvalue weighted by molar-refractivity contribution is 5.85. The Kier molecular flexibility index (Phi) is 7.48. The van der Waals surface area contributed by atoms with E-state index in [9.17, 15) is 9.59 Å². The van der Waals surface area contributed by atoms with Crippen molar-refractivity contribution in [2.24, 2.45) is 5.41 Å². The zero-order valence-corrected chi connectivity index (χ0v) is 16.9. The van der Waals surface area contributed by atoms with Gasteiger partial charge in [0.1, 0.15) is 17.4 Å². The number of carbonyl (C=O) groups excluding carboxylic acids is 2. The maximum absolute atomic E-state index is 12.1. The predicted octanol–water partition coefficient (Wildman–Crippen LogP) is 3.29. The maximum Gasteiger partial charge on any atom is 0.408 e. The van der Waals surface area contributed by atoms with E-state index in [1.807, 2.05) is 24.3 Å². The third kappa shape index (κ3) is 8.74. The number of hydrogen-bond acceptors (Lipinski definition) is 4. The van der Waals surface area contributed by atoms with Crippen LogP contribution in [0.3, 0.4) is 0 Å². The molecule has 1 aromatic rings. The van der Waals surface area contributed by atoms with Crippen LogP contribution in [0.15, 0.2) is 24.3 Å². The Morgan fingerprint density at radius 3 is 2.08 bits per heavy atom. The van der Waals surface area contributed by atoms with E-state index in [-0.39, 0.29) is 11.3 Å². The van der Waals surface area contributed by atoms with Crippen LogP contribution in [-0.4, -0.2) is 37.3 Å². The molecule has 26 heavy (non-hydrogen) atoms. The number of hydrogen-bond donors (Lipinski definition) is 2. The van der Waals surface area contributed by atoms with Gasteiger partial charge in [-0.1, -0.05) is 32.9 Å². The first-order chi connectivity index (χ1) is 11.9. The Morgan fingerprint density at radius 2 is 1.62 bits per heavy atom. The first kappa shape index (κ1) is 21.8. The molecule has 0 heterocycles. The third-order valence-corrected chi connectivity index (χ3v) is 3.29. The molecule has 0 unspecified atom stereocenters. The Balaban J connectivity index is 2.73. The van der Waals surface area contributed by atoms with Gasteiger partial charge in [0.2, 0.25) is 5.91 Å². The largest absolute Gasteiger partial charge is 0.493 e. The van der Waals surface area contributed by atoms with Crippen LogP contribution >= 0.6 is 0 Å². The fourth-order valence-corrected chi connectivity index (χ4v) is 2.09. The number of nitrogens with one attached hydrogen (secondary N) is 2. The zero-order valence-electron chi connectivity index (χ0n) is 16.9. The number of benzene rings is 1. The van der Waals surface area contributed by atoms with Crippen LogP contribution in [-0.2, 0) is 16.0 Å². The second-order valence-electron chi connectivity index (χ2n) is 8.51. The van der Waals surface area contributed by atoms with Crippen molar-refractivity contribution in [3.63, 3.8) is 0 Å². The Labute approximate surface area is 156 Å². The standard InChI is InChI=1S/C20H32N2O4/c1-19(2,3)13-25-15-10-8-14(9-11-15)12-16(17(23)21-7)22-18(24)26-20(4,5)6/h8-11,16H,12-13H2,1-7H3,(H,21,23)(H,22,24)/t16-/m0/s1. The summed E-state index contributed by atoms with van der Waals surface area (Å²) in [5.74, 6) is 0.504. The first-order valence-electron chi connectivity index (χ1n) is 8.82. The number of amides is 2. The number of likely N-dealkylation sites (N-methyl/N-ethyl adjacent to an activating group) is 1. The fourth-order valence-electron chi connectivity index (χ4n) is 2.09. The average Bonchev–Trinajstić information content (AvgIpc) is 2.50. The van der Waals surface area contributed by atoms with Crippen molar-refractivity contribution in [1.82, 2.24) is 10.6 Å². The lowest BCUT2D eigenvalue weighted by atomic mass is 9.99. The molecule has 0 aliphatic heterocycles. The highest BCUT2D eigenvalue weighted by Crippen LogP contribution is 2.19. The van der Waals surface area contributed by atoms with E-state index in [1.165, 1.54) is 7.05 Å². The minimum atomic E-state index is -0.712. The summed E-state index contributed by atoms with van der Waals surface area (Å²) in [5, 5.41) is 5.20. The molecule has 6 nitrogen and oxygen atoms in total.